The summed E-state index contributed by atoms with van der Waals surface area (Å²) >= 11 is 3.22. The molecule has 19 heavy (non-hydrogen) atoms. The van der Waals surface area contributed by atoms with Crippen molar-refractivity contribution in [1.29, 1.82) is 0 Å². The van der Waals surface area contributed by atoms with Crippen LogP contribution >= 0.6 is 15.9 Å². The summed E-state index contributed by atoms with van der Waals surface area (Å²) < 4.78 is 13.7. The van der Waals surface area contributed by atoms with Gasteiger partial charge in [-0.15, -0.1) is 0 Å². The molecule has 0 fully saturated rings. The van der Waals surface area contributed by atoms with Crippen LogP contribution in [0.1, 0.15) is 16.7 Å². The minimum absolute atomic E-state index is 0.218. The van der Waals surface area contributed by atoms with E-state index < -0.39 is 0 Å². The van der Waals surface area contributed by atoms with Crippen molar-refractivity contribution in [2.75, 3.05) is 7.05 Å². The lowest BCUT2D eigenvalue weighted by Crippen LogP contribution is -2.17. The first-order valence-electron chi connectivity index (χ1n) is 6.22. The second-order valence-corrected chi connectivity index (χ2v) is 5.76. The first kappa shape index (κ1) is 14.2. The highest BCUT2D eigenvalue weighted by Crippen LogP contribution is 2.18. The molecular formula is C16H17BrFN. The number of hydrogen-bond donors (Lipinski definition) is 0. The highest BCUT2D eigenvalue weighted by molar-refractivity contribution is 9.10. The smallest absolute Gasteiger partial charge is 0.137 e. The van der Waals surface area contributed by atoms with Gasteiger partial charge in [0.15, 0.2) is 0 Å². The van der Waals surface area contributed by atoms with Gasteiger partial charge in [0, 0.05) is 13.1 Å². The summed E-state index contributed by atoms with van der Waals surface area (Å²) in [6.07, 6.45) is 0. The van der Waals surface area contributed by atoms with Crippen LogP contribution in [0.5, 0.6) is 0 Å². The van der Waals surface area contributed by atoms with Crippen LogP contribution in [0.25, 0.3) is 0 Å². The van der Waals surface area contributed by atoms with Crippen molar-refractivity contribution in [2.24, 2.45) is 0 Å². The standard InChI is InChI=1S/C16H17BrFN/c1-12-3-5-13(6-4-12)10-19(2)11-14-7-8-16(18)15(17)9-14/h3-9H,10-11H2,1-2H3. The van der Waals surface area contributed by atoms with Gasteiger partial charge in [-0.2, -0.15) is 0 Å². The average molecular weight is 322 g/mol. The van der Waals surface area contributed by atoms with Gasteiger partial charge in [0.25, 0.3) is 0 Å². The third-order valence-electron chi connectivity index (χ3n) is 3.01. The zero-order valence-electron chi connectivity index (χ0n) is 11.2. The maximum atomic E-state index is 13.2. The number of halogens is 2. The topological polar surface area (TPSA) is 3.24 Å². The quantitative estimate of drug-likeness (QED) is 0.799. The van der Waals surface area contributed by atoms with E-state index in [2.05, 4.69) is 59.1 Å². The van der Waals surface area contributed by atoms with Crippen molar-refractivity contribution in [3.63, 3.8) is 0 Å². The van der Waals surface area contributed by atoms with Gasteiger partial charge in [0.2, 0.25) is 0 Å². The van der Waals surface area contributed by atoms with E-state index in [0.29, 0.717) is 4.47 Å². The minimum atomic E-state index is -0.218. The van der Waals surface area contributed by atoms with E-state index in [1.54, 1.807) is 0 Å². The molecule has 1 nitrogen and oxygen atoms in total. The first-order chi connectivity index (χ1) is 9.04. The third kappa shape index (κ3) is 4.15. The second-order valence-electron chi connectivity index (χ2n) is 4.91. The number of benzene rings is 2. The zero-order chi connectivity index (χ0) is 13.8. The highest BCUT2D eigenvalue weighted by Gasteiger charge is 2.04. The minimum Gasteiger partial charge on any atom is -0.298 e. The van der Waals surface area contributed by atoms with E-state index in [-0.39, 0.29) is 5.82 Å². The second kappa shape index (κ2) is 6.31. The van der Waals surface area contributed by atoms with Crippen LogP contribution < -0.4 is 0 Å². The van der Waals surface area contributed by atoms with Crippen LogP contribution in [-0.4, -0.2) is 11.9 Å². The summed E-state index contributed by atoms with van der Waals surface area (Å²) in [6, 6.07) is 13.7. The molecular weight excluding hydrogens is 305 g/mol. The Bertz CT molecular complexity index is 551. The van der Waals surface area contributed by atoms with Crippen LogP contribution in [0.15, 0.2) is 46.9 Å². The Kier molecular flexibility index (Phi) is 4.72. The molecule has 0 atom stereocenters. The Balaban J connectivity index is 1.98. The molecule has 0 N–H and O–H groups in total. The summed E-state index contributed by atoms with van der Waals surface area (Å²) in [4.78, 5) is 2.21. The van der Waals surface area contributed by atoms with Gasteiger partial charge in [-0.3, -0.25) is 4.90 Å². The van der Waals surface area contributed by atoms with Crippen molar-refractivity contribution in [2.45, 2.75) is 20.0 Å². The summed E-state index contributed by atoms with van der Waals surface area (Å²) in [7, 11) is 2.07. The van der Waals surface area contributed by atoms with Crippen LogP contribution in [0.3, 0.4) is 0 Å². The molecule has 0 aliphatic carbocycles. The fourth-order valence-corrected chi connectivity index (χ4v) is 2.44. The van der Waals surface area contributed by atoms with Crippen LogP contribution in [0.4, 0.5) is 4.39 Å². The largest absolute Gasteiger partial charge is 0.298 e. The molecule has 0 saturated carbocycles. The molecule has 0 heterocycles. The van der Waals surface area contributed by atoms with E-state index in [0.717, 1.165) is 18.7 Å². The fourth-order valence-electron chi connectivity index (χ4n) is 2.01. The first-order valence-corrected chi connectivity index (χ1v) is 7.02. The molecule has 0 aliphatic heterocycles. The fraction of sp³-hybridized carbons (Fsp3) is 0.250. The average Bonchev–Trinajstić information content (AvgIpc) is 2.37. The molecule has 0 bridgehead atoms. The summed E-state index contributed by atoms with van der Waals surface area (Å²) in [6.45, 7) is 3.77. The van der Waals surface area contributed by atoms with Crippen molar-refractivity contribution < 1.29 is 4.39 Å². The van der Waals surface area contributed by atoms with Crippen LogP contribution in [0, 0.1) is 12.7 Å². The monoisotopic (exact) mass is 321 g/mol. The van der Waals surface area contributed by atoms with Gasteiger partial charge in [-0.05, 0) is 53.2 Å². The highest BCUT2D eigenvalue weighted by atomic mass is 79.9. The number of rotatable bonds is 4. The number of hydrogen-bond acceptors (Lipinski definition) is 1. The maximum absolute atomic E-state index is 13.2. The summed E-state index contributed by atoms with van der Waals surface area (Å²) in [5.41, 5.74) is 3.66. The molecule has 2 aromatic carbocycles. The molecule has 0 saturated heterocycles. The lowest BCUT2D eigenvalue weighted by Gasteiger charge is -2.17. The van der Waals surface area contributed by atoms with Gasteiger partial charge >= 0.3 is 0 Å². The Morgan fingerprint density at radius 1 is 1.00 bits per heavy atom. The number of aryl methyl sites for hydroxylation is 1. The van der Waals surface area contributed by atoms with Crippen molar-refractivity contribution in [3.05, 3.63) is 69.4 Å². The van der Waals surface area contributed by atoms with Crippen LogP contribution in [-0.2, 0) is 13.1 Å². The van der Waals surface area contributed by atoms with Gasteiger partial charge in [-0.1, -0.05) is 35.9 Å². The van der Waals surface area contributed by atoms with Gasteiger partial charge in [-0.25, -0.2) is 4.39 Å². The lowest BCUT2D eigenvalue weighted by atomic mass is 10.1. The molecule has 0 unspecified atom stereocenters. The molecule has 100 valence electrons. The molecule has 0 amide bonds. The lowest BCUT2D eigenvalue weighted by molar-refractivity contribution is 0.319. The van der Waals surface area contributed by atoms with E-state index in [1.807, 2.05) is 12.1 Å². The summed E-state index contributed by atoms with van der Waals surface area (Å²) in [5.74, 6) is -0.218. The third-order valence-corrected chi connectivity index (χ3v) is 3.62. The summed E-state index contributed by atoms with van der Waals surface area (Å²) in [5, 5.41) is 0. The Morgan fingerprint density at radius 2 is 1.58 bits per heavy atom. The zero-order valence-corrected chi connectivity index (χ0v) is 12.7. The Labute approximate surface area is 122 Å². The maximum Gasteiger partial charge on any atom is 0.137 e. The molecule has 3 heteroatoms. The SMILES string of the molecule is Cc1ccc(CN(C)Cc2ccc(F)c(Br)c2)cc1. The van der Waals surface area contributed by atoms with E-state index in [4.69, 9.17) is 0 Å². The van der Waals surface area contributed by atoms with Gasteiger partial charge < -0.3 is 0 Å². The molecule has 0 spiro atoms. The molecule has 0 aromatic heterocycles. The number of nitrogens with zero attached hydrogens (tertiary/aromatic N) is 1. The van der Waals surface area contributed by atoms with Crippen molar-refractivity contribution in [3.8, 4) is 0 Å². The normalized spacial score (nSPS) is 11.0. The van der Waals surface area contributed by atoms with Gasteiger partial charge in [0.05, 0.1) is 4.47 Å². The molecule has 0 radical (unpaired) electrons. The van der Waals surface area contributed by atoms with E-state index >= 15 is 0 Å². The Hall–Kier alpha value is -1.19. The molecule has 2 rings (SSSR count). The van der Waals surface area contributed by atoms with E-state index in [1.165, 1.54) is 17.2 Å². The molecule has 2 aromatic rings. The van der Waals surface area contributed by atoms with Crippen molar-refractivity contribution in [1.82, 2.24) is 4.90 Å². The van der Waals surface area contributed by atoms with Crippen LogP contribution in [0.2, 0.25) is 0 Å². The van der Waals surface area contributed by atoms with Gasteiger partial charge in [0.1, 0.15) is 5.82 Å². The van der Waals surface area contributed by atoms with E-state index in [9.17, 15) is 4.39 Å². The Morgan fingerprint density at radius 3 is 2.21 bits per heavy atom. The molecule has 0 aliphatic rings. The predicted octanol–water partition coefficient (Wildman–Crippen LogP) is 4.53. The predicted molar refractivity (Wildman–Crippen MR) is 80.5 cm³/mol. The van der Waals surface area contributed by atoms with Crippen molar-refractivity contribution >= 4 is 15.9 Å².